The Labute approximate surface area is 107 Å². The molecule has 0 unspecified atom stereocenters. The minimum atomic E-state index is -0.441. The monoisotopic (exact) mass is 243 g/mol. The fraction of sp³-hybridized carbons (Fsp3) is 0.467. The minimum absolute atomic E-state index is 0.0328. The van der Waals surface area contributed by atoms with Crippen LogP contribution in [-0.2, 0) is 15.0 Å². The van der Waals surface area contributed by atoms with E-state index in [1.807, 2.05) is 12.1 Å². The Hall–Kier alpha value is -1.64. The van der Waals surface area contributed by atoms with E-state index >= 15 is 0 Å². The molecule has 0 atom stereocenters. The first-order valence-electron chi connectivity index (χ1n) is 6.49. The van der Waals surface area contributed by atoms with Gasteiger partial charge < -0.3 is 0 Å². The van der Waals surface area contributed by atoms with Crippen molar-refractivity contribution in [3.63, 3.8) is 0 Å². The van der Waals surface area contributed by atoms with Crippen molar-refractivity contribution in [1.82, 2.24) is 5.32 Å². The first-order valence-corrected chi connectivity index (χ1v) is 6.49. The molecule has 18 heavy (non-hydrogen) atoms. The molecule has 3 fully saturated rings. The Kier molecular flexibility index (Phi) is 2.34. The van der Waals surface area contributed by atoms with Crippen LogP contribution < -0.4 is 5.32 Å². The second kappa shape index (κ2) is 3.67. The summed E-state index contributed by atoms with van der Waals surface area (Å²) in [5, 5.41) is 2.49. The highest BCUT2D eigenvalue weighted by Crippen LogP contribution is 2.51. The van der Waals surface area contributed by atoms with Crippen molar-refractivity contribution in [3.8, 4) is 0 Å². The van der Waals surface area contributed by atoms with E-state index < -0.39 is 5.41 Å². The summed E-state index contributed by atoms with van der Waals surface area (Å²) in [5.74, 6) is 0.272. The van der Waals surface area contributed by atoms with Gasteiger partial charge in [0.1, 0.15) is 0 Å². The summed E-state index contributed by atoms with van der Waals surface area (Å²) in [6, 6.07) is 8.23. The van der Waals surface area contributed by atoms with Crippen LogP contribution in [0.4, 0.5) is 0 Å². The lowest BCUT2D eigenvalue weighted by atomic mass is 9.55. The van der Waals surface area contributed by atoms with Crippen LogP contribution in [0.3, 0.4) is 0 Å². The summed E-state index contributed by atoms with van der Waals surface area (Å²) in [5.41, 5.74) is 1.87. The lowest BCUT2D eigenvalue weighted by molar-refractivity contribution is -0.151. The van der Waals surface area contributed by atoms with Gasteiger partial charge in [0.05, 0.1) is 5.41 Å². The second-order valence-corrected chi connectivity index (χ2v) is 5.79. The van der Waals surface area contributed by atoms with E-state index in [1.54, 1.807) is 0 Å². The topological polar surface area (TPSA) is 46.2 Å². The van der Waals surface area contributed by atoms with E-state index in [9.17, 15) is 9.59 Å². The van der Waals surface area contributed by atoms with Gasteiger partial charge in [-0.2, -0.15) is 0 Å². The zero-order chi connectivity index (χ0) is 12.9. The summed E-state index contributed by atoms with van der Waals surface area (Å²) in [6.07, 6.45) is 1.36. The van der Waals surface area contributed by atoms with E-state index in [-0.39, 0.29) is 17.7 Å². The van der Waals surface area contributed by atoms with Crippen LogP contribution in [0.1, 0.15) is 43.7 Å². The first-order chi connectivity index (χ1) is 8.53. The number of nitrogens with one attached hydrogen (secondary N) is 1. The molecule has 3 aliphatic rings. The average molecular weight is 243 g/mol. The van der Waals surface area contributed by atoms with Gasteiger partial charge in [0, 0.05) is 5.92 Å². The predicted molar refractivity (Wildman–Crippen MR) is 68.1 cm³/mol. The van der Waals surface area contributed by atoms with Crippen LogP contribution in [0.15, 0.2) is 24.3 Å². The van der Waals surface area contributed by atoms with E-state index in [1.165, 1.54) is 5.56 Å². The normalized spacial score (nSPS) is 30.1. The summed E-state index contributed by atoms with van der Waals surface area (Å²) >= 11 is 0. The molecule has 2 amide bonds. The zero-order valence-electron chi connectivity index (χ0n) is 10.7. The van der Waals surface area contributed by atoms with E-state index in [4.69, 9.17) is 0 Å². The molecule has 2 aliphatic heterocycles. The fourth-order valence-electron chi connectivity index (χ4n) is 3.05. The maximum atomic E-state index is 12.1. The zero-order valence-corrected chi connectivity index (χ0v) is 10.7. The van der Waals surface area contributed by atoms with Crippen LogP contribution in [0.2, 0.25) is 0 Å². The SMILES string of the molecule is CC(C)c1cccc(C23CC(C2)C(=O)NC3=O)c1. The third-order valence-electron chi connectivity index (χ3n) is 4.34. The van der Waals surface area contributed by atoms with Crippen molar-refractivity contribution in [2.45, 2.75) is 38.0 Å². The summed E-state index contributed by atoms with van der Waals surface area (Å²) in [6.45, 7) is 4.29. The predicted octanol–water partition coefficient (Wildman–Crippen LogP) is 2.11. The van der Waals surface area contributed by atoms with Crippen LogP contribution in [0.5, 0.6) is 0 Å². The van der Waals surface area contributed by atoms with Crippen LogP contribution >= 0.6 is 0 Å². The average Bonchev–Trinajstić information content (AvgIpc) is 2.27. The van der Waals surface area contributed by atoms with Gasteiger partial charge >= 0.3 is 0 Å². The number of rotatable bonds is 2. The molecule has 0 radical (unpaired) electrons. The quantitative estimate of drug-likeness (QED) is 0.809. The van der Waals surface area contributed by atoms with Crippen molar-refractivity contribution >= 4 is 11.8 Å². The molecule has 4 rings (SSSR count). The van der Waals surface area contributed by atoms with E-state index in [0.29, 0.717) is 18.8 Å². The number of hydrogen-bond acceptors (Lipinski definition) is 2. The Morgan fingerprint density at radius 2 is 2.00 bits per heavy atom. The van der Waals surface area contributed by atoms with Gasteiger partial charge in [-0.1, -0.05) is 38.1 Å². The van der Waals surface area contributed by atoms with Crippen LogP contribution in [0.25, 0.3) is 0 Å². The second-order valence-electron chi connectivity index (χ2n) is 5.79. The number of imide groups is 1. The highest BCUT2D eigenvalue weighted by atomic mass is 16.2. The van der Waals surface area contributed by atoms with Crippen molar-refractivity contribution in [1.29, 1.82) is 0 Å². The molecule has 1 aliphatic carbocycles. The molecule has 3 nitrogen and oxygen atoms in total. The minimum Gasteiger partial charge on any atom is -0.295 e. The maximum absolute atomic E-state index is 12.1. The molecule has 1 aromatic carbocycles. The Morgan fingerprint density at radius 3 is 2.61 bits per heavy atom. The maximum Gasteiger partial charge on any atom is 0.237 e. The molecular weight excluding hydrogens is 226 g/mol. The van der Waals surface area contributed by atoms with Crippen molar-refractivity contribution in [2.75, 3.05) is 0 Å². The number of carbonyl (C=O) groups excluding carboxylic acids is 2. The van der Waals surface area contributed by atoms with Gasteiger partial charge in [-0.15, -0.1) is 0 Å². The highest BCUT2D eigenvalue weighted by molar-refractivity contribution is 6.07. The molecule has 94 valence electrons. The summed E-state index contributed by atoms with van der Waals surface area (Å²) in [7, 11) is 0. The molecule has 1 N–H and O–H groups in total. The van der Waals surface area contributed by atoms with Gasteiger partial charge in [-0.3, -0.25) is 14.9 Å². The number of piperidine rings is 2. The molecule has 2 bridgehead atoms. The molecule has 1 aromatic rings. The lowest BCUT2D eigenvalue weighted by Crippen LogP contribution is -2.64. The lowest BCUT2D eigenvalue weighted by Gasteiger charge is -2.50. The largest absolute Gasteiger partial charge is 0.295 e. The van der Waals surface area contributed by atoms with Gasteiger partial charge in [-0.25, -0.2) is 0 Å². The smallest absolute Gasteiger partial charge is 0.237 e. The Bertz CT molecular complexity index is 527. The van der Waals surface area contributed by atoms with Crippen molar-refractivity contribution < 1.29 is 9.59 Å². The van der Waals surface area contributed by atoms with Crippen LogP contribution in [0, 0.1) is 5.92 Å². The first kappa shape index (κ1) is 11.5. The number of amides is 2. The molecule has 2 heterocycles. The molecule has 3 heteroatoms. The Balaban J connectivity index is 1.99. The number of carbonyl (C=O) groups is 2. The summed E-state index contributed by atoms with van der Waals surface area (Å²) in [4.78, 5) is 23.6. The van der Waals surface area contributed by atoms with Crippen molar-refractivity contribution in [3.05, 3.63) is 35.4 Å². The standard InChI is InChI=1S/C15H17NO2/c1-9(2)10-4-3-5-12(6-10)15-7-11(8-15)13(17)16-14(15)18/h3-6,9,11H,7-8H2,1-2H3,(H,16,17,18). The summed E-state index contributed by atoms with van der Waals surface area (Å²) < 4.78 is 0. The number of hydrogen-bond donors (Lipinski definition) is 1. The van der Waals surface area contributed by atoms with Gasteiger partial charge in [0.2, 0.25) is 11.8 Å². The third-order valence-corrected chi connectivity index (χ3v) is 4.34. The van der Waals surface area contributed by atoms with E-state index in [0.717, 1.165) is 5.56 Å². The van der Waals surface area contributed by atoms with Gasteiger partial charge in [-0.05, 0) is 29.9 Å². The van der Waals surface area contributed by atoms with Gasteiger partial charge in [0.25, 0.3) is 0 Å². The van der Waals surface area contributed by atoms with Crippen LogP contribution in [-0.4, -0.2) is 11.8 Å². The molecule has 1 saturated carbocycles. The van der Waals surface area contributed by atoms with Crippen molar-refractivity contribution in [2.24, 2.45) is 5.92 Å². The molecule has 0 aromatic heterocycles. The Morgan fingerprint density at radius 1 is 1.28 bits per heavy atom. The highest BCUT2D eigenvalue weighted by Gasteiger charge is 2.58. The fourth-order valence-corrected chi connectivity index (χ4v) is 3.05. The molecule has 2 saturated heterocycles. The number of fused-ring (bicyclic) bond motifs is 2. The number of benzene rings is 1. The third kappa shape index (κ3) is 1.43. The van der Waals surface area contributed by atoms with Gasteiger partial charge in [0.15, 0.2) is 0 Å². The molecule has 0 spiro atoms. The molecular formula is C15H17NO2. The van der Waals surface area contributed by atoms with E-state index in [2.05, 4.69) is 31.3 Å².